The number of hydrogen-bond acceptors (Lipinski definition) is 7. The van der Waals surface area contributed by atoms with Gasteiger partial charge >= 0.3 is 0 Å². The van der Waals surface area contributed by atoms with E-state index in [1.165, 1.54) is 18.9 Å². The number of halogens is 1. The van der Waals surface area contributed by atoms with Crippen molar-refractivity contribution >= 4 is 23.4 Å². The van der Waals surface area contributed by atoms with E-state index in [4.69, 9.17) is 21.1 Å². The van der Waals surface area contributed by atoms with Crippen LogP contribution in [0, 0.1) is 17.0 Å². The van der Waals surface area contributed by atoms with E-state index in [1.807, 2.05) is 35.8 Å². The Morgan fingerprint density at radius 3 is 2.48 bits per heavy atom. The predicted octanol–water partition coefficient (Wildman–Crippen LogP) is 4.36. The standard InChI is InChI=1S/C19H19ClN4O4S/c1-12-21-22-19(24(12)14-5-7-15(27-2)8-6-14)29-18(11-23(25)26)13-4-9-17(28-3)16(20)10-13/h4-10,18H,11H2,1-3H3/t18-/m1/s1. The molecule has 0 radical (unpaired) electrons. The average molecular weight is 435 g/mol. The van der Waals surface area contributed by atoms with Gasteiger partial charge in [-0.3, -0.25) is 14.7 Å². The number of ether oxygens (including phenoxy) is 2. The second-order valence-electron chi connectivity index (χ2n) is 6.08. The minimum Gasteiger partial charge on any atom is -0.497 e. The van der Waals surface area contributed by atoms with Crippen LogP contribution < -0.4 is 9.47 Å². The van der Waals surface area contributed by atoms with Gasteiger partial charge in [-0.15, -0.1) is 10.2 Å². The number of hydrogen-bond donors (Lipinski definition) is 0. The van der Waals surface area contributed by atoms with Crippen LogP contribution in [0.2, 0.25) is 5.02 Å². The van der Waals surface area contributed by atoms with Crippen molar-refractivity contribution in [2.24, 2.45) is 0 Å². The molecule has 1 heterocycles. The topological polar surface area (TPSA) is 92.3 Å². The van der Waals surface area contributed by atoms with E-state index in [1.54, 1.807) is 25.3 Å². The summed E-state index contributed by atoms with van der Waals surface area (Å²) < 4.78 is 12.2. The summed E-state index contributed by atoms with van der Waals surface area (Å²) in [6.07, 6.45) is 0. The number of nitrogens with zero attached hydrogens (tertiary/aromatic N) is 4. The Balaban J connectivity index is 1.96. The Hall–Kier alpha value is -2.78. The second-order valence-corrected chi connectivity index (χ2v) is 7.66. The van der Waals surface area contributed by atoms with Crippen LogP contribution in [0.15, 0.2) is 47.6 Å². The second kappa shape index (κ2) is 9.15. The van der Waals surface area contributed by atoms with Crippen LogP contribution in [0.3, 0.4) is 0 Å². The van der Waals surface area contributed by atoms with Gasteiger partial charge in [-0.25, -0.2) is 0 Å². The Kier molecular flexibility index (Phi) is 6.60. The summed E-state index contributed by atoms with van der Waals surface area (Å²) in [6, 6.07) is 12.6. The first kappa shape index (κ1) is 20.9. The average Bonchev–Trinajstić information content (AvgIpc) is 3.07. The van der Waals surface area contributed by atoms with E-state index < -0.39 is 5.25 Å². The van der Waals surface area contributed by atoms with Crippen molar-refractivity contribution < 1.29 is 14.4 Å². The van der Waals surface area contributed by atoms with E-state index in [9.17, 15) is 10.1 Å². The molecule has 0 aliphatic carbocycles. The number of thioether (sulfide) groups is 1. The van der Waals surface area contributed by atoms with Gasteiger partial charge in [-0.1, -0.05) is 29.4 Å². The molecule has 3 aromatic rings. The Labute approximate surface area is 177 Å². The molecule has 0 saturated heterocycles. The minimum atomic E-state index is -0.506. The van der Waals surface area contributed by atoms with E-state index >= 15 is 0 Å². The smallest absolute Gasteiger partial charge is 0.220 e. The lowest BCUT2D eigenvalue weighted by Crippen LogP contribution is -2.11. The fraction of sp³-hybridized carbons (Fsp3) is 0.263. The number of aromatic nitrogens is 3. The Morgan fingerprint density at radius 2 is 1.90 bits per heavy atom. The third-order valence-corrected chi connectivity index (χ3v) is 5.71. The maximum atomic E-state index is 11.3. The van der Waals surface area contributed by atoms with Gasteiger partial charge in [0.15, 0.2) is 5.16 Å². The Morgan fingerprint density at radius 1 is 1.17 bits per heavy atom. The highest BCUT2D eigenvalue weighted by Gasteiger charge is 2.24. The summed E-state index contributed by atoms with van der Waals surface area (Å²) in [5.74, 6) is 1.91. The summed E-state index contributed by atoms with van der Waals surface area (Å²) >= 11 is 7.49. The zero-order valence-corrected chi connectivity index (χ0v) is 17.6. The van der Waals surface area contributed by atoms with Gasteiger partial charge in [-0.2, -0.15) is 0 Å². The van der Waals surface area contributed by atoms with Crippen molar-refractivity contribution in [2.45, 2.75) is 17.3 Å². The molecule has 152 valence electrons. The number of nitro groups is 1. The maximum Gasteiger partial charge on any atom is 0.220 e. The van der Waals surface area contributed by atoms with Crippen LogP contribution >= 0.6 is 23.4 Å². The first-order valence-corrected chi connectivity index (χ1v) is 9.87. The molecule has 0 fully saturated rings. The molecule has 3 rings (SSSR count). The van der Waals surface area contributed by atoms with Crippen molar-refractivity contribution in [3.05, 3.63) is 69.0 Å². The molecule has 2 aromatic carbocycles. The molecule has 0 aliphatic heterocycles. The van der Waals surface area contributed by atoms with Crippen LogP contribution in [0.5, 0.6) is 11.5 Å². The van der Waals surface area contributed by atoms with E-state index in [2.05, 4.69) is 10.2 Å². The van der Waals surface area contributed by atoms with Crippen molar-refractivity contribution in [1.82, 2.24) is 14.8 Å². The Bertz CT molecular complexity index is 1010. The molecular formula is C19H19ClN4O4S. The van der Waals surface area contributed by atoms with Gasteiger partial charge in [0, 0.05) is 10.6 Å². The first-order chi connectivity index (χ1) is 13.9. The summed E-state index contributed by atoms with van der Waals surface area (Å²) in [4.78, 5) is 10.9. The quantitative estimate of drug-likeness (QED) is 0.295. The van der Waals surface area contributed by atoms with Crippen LogP contribution in [0.1, 0.15) is 16.6 Å². The summed E-state index contributed by atoms with van der Waals surface area (Å²) in [5.41, 5.74) is 1.54. The fourth-order valence-corrected chi connectivity index (χ4v) is 4.23. The zero-order valence-electron chi connectivity index (χ0n) is 16.0. The SMILES string of the molecule is COc1ccc(-n2c(C)nnc2S[C@H](C[N+](=O)[O-])c2ccc(OC)c(Cl)c2)cc1. The lowest BCUT2D eigenvalue weighted by atomic mass is 10.1. The molecule has 0 spiro atoms. The third-order valence-electron chi connectivity index (χ3n) is 4.24. The molecule has 0 unspecified atom stereocenters. The summed E-state index contributed by atoms with van der Waals surface area (Å²) in [5, 5.41) is 20.1. The van der Waals surface area contributed by atoms with Gasteiger partial charge in [0.2, 0.25) is 6.54 Å². The van der Waals surface area contributed by atoms with Gasteiger partial charge in [0.05, 0.1) is 19.2 Å². The van der Waals surface area contributed by atoms with Crippen LogP contribution in [0.4, 0.5) is 0 Å². The van der Waals surface area contributed by atoms with E-state index in [0.29, 0.717) is 27.3 Å². The number of aryl methyl sites for hydroxylation is 1. The normalized spacial score (nSPS) is 11.9. The molecule has 1 atom stereocenters. The third kappa shape index (κ3) is 4.80. The van der Waals surface area contributed by atoms with Crippen LogP contribution in [-0.2, 0) is 0 Å². The van der Waals surface area contributed by atoms with Crippen LogP contribution in [-0.4, -0.2) is 40.5 Å². The van der Waals surface area contributed by atoms with Crippen molar-refractivity contribution in [3.8, 4) is 17.2 Å². The minimum absolute atomic E-state index is 0.290. The number of rotatable bonds is 8. The van der Waals surface area contributed by atoms with Crippen molar-refractivity contribution in [2.75, 3.05) is 20.8 Å². The molecule has 0 N–H and O–H groups in total. The van der Waals surface area contributed by atoms with Gasteiger partial charge in [-0.05, 0) is 48.9 Å². The number of benzene rings is 2. The monoisotopic (exact) mass is 434 g/mol. The fourth-order valence-electron chi connectivity index (χ4n) is 2.80. The maximum absolute atomic E-state index is 11.3. The molecule has 10 heteroatoms. The molecule has 0 saturated carbocycles. The zero-order chi connectivity index (χ0) is 21.0. The largest absolute Gasteiger partial charge is 0.497 e. The first-order valence-electron chi connectivity index (χ1n) is 8.61. The highest BCUT2D eigenvalue weighted by Crippen LogP contribution is 2.38. The molecule has 0 amide bonds. The summed E-state index contributed by atoms with van der Waals surface area (Å²) in [7, 11) is 3.12. The highest BCUT2D eigenvalue weighted by molar-refractivity contribution is 7.99. The lowest BCUT2D eigenvalue weighted by Gasteiger charge is -2.15. The van der Waals surface area contributed by atoms with Crippen LogP contribution in [0.25, 0.3) is 5.69 Å². The molecule has 0 bridgehead atoms. The van der Waals surface area contributed by atoms with E-state index in [-0.39, 0.29) is 11.5 Å². The molecule has 1 aromatic heterocycles. The van der Waals surface area contributed by atoms with Gasteiger partial charge in [0.1, 0.15) is 22.6 Å². The molecule has 8 nitrogen and oxygen atoms in total. The van der Waals surface area contributed by atoms with Crippen molar-refractivity contribution in [1.29, 1.82) is 0 Å². The lowest BCUT2D eigenvalue weighted by molar-refractivity contribution is -0.479. The molecule has 29 heavy (non-hydrogen) atoms. The number of methoxy groups -OCH3 is 2. The van der Waals surface area contributed by atoms with Gasteiger partial charge < -0.3 is 9.47 Å². The highest BCUT2D eigenvalue weighted by atomic mass is 35.5. The van der Waals surface area contributed by atoms with Crippen molar-refractivity contribution in [3.63, 3.8) is 0 Å². The molecular weight excluding hydrogens is 416 g/mol. The van der Waals surface area contributed by atoms with E-state index in [0.717, 1.165) is 11.4 Å². The van der Waals surface area contributed by atoms with Gasteiger partial charge in [0.25, 0.3) is 0 Å². The summed E-state index contributed by atoms with van der Waals surface area (Å²) in [6.45, 7) is 1.54. The predicted molar refractivity (Wildman–Crippen MR) is 111 cm³/mol. The molecule has 0 aliphatic rings.